The van der Waals surface area contributed by atoms with Crippen LogP contribution in [0.4, 0.5) is 5.82 Å². The van der Waals surface area contributed by atoms with Gasteiger partial charge in [-0.1, -0.05) is 0 Å². The highest BCUT2D eigenvalue weighted by Crippen LogP contribution is 2.15. The van der Waals surface area contributed by atoms with Crippen molar-refractivity contribution in [2.24, 2.45) is 0 Å². The summed E-state index contributed by atoms with van der Waals surface area (Å²) in [5.41, 5.74) is 0.993. The minimum atomic E-state index is 0.838. The second kappa shape index (κ2) is 5.12. The molecule has 0 spiro atoms. The third kappa shape index (κ3) is 2.82. The van der Waals surface area contributed by atoms with Gasteiger partial charge in [-0.15, -0.1) is 0 Å². The average Bonchev–Trinajstić information content (AvgIpc) is 2.76. The summed E-state index contributed by atoms with van der Waals surface area (Å²) in [6, 6.07) is 3.97. The fourth-order valence-corrected chi connectivity index (χ4v) is 1.60. The number of nitrogens with one attached hydrogen (secondary N) is 1. The van der Waals surface area contributed by atoms with E-state index in [-0.39, 0.29) is 0 Å². The monoisotopic (exact) mass is 280 g/mol. The SMILES string of the molecule is Cc1nc(NCCn2ccnc2)ccc1Br. The van der Waals surface area contributed by atoms with Gasteiger partial charge < -0.3 is 9.88 Å². The van der Waals surface area contributed by atoms with Crippen molar-refractivity contribution in [2.45, 2.75) is 13.5 Å². The van der Waals surface area contributed by atoms with Crippen LogP contribution in [-0.4, -0.2) is 21.1 Å². The third-order valence-corrected chi connectivity index (χ3v) is 3.09. The Balaban J connectivity index is 1.87. The molecule has 0 aliphatic heterocycles. The van der Waals surface area contributed by atoms with E-state index >= 15 is 0 Å². The van der Waals surface area contributed by atoms with Gasteiger partial charge >= 0.3 is 0 Å². The largest absolute Gasteiger partial charge is 0.368 e. The first kappa shape index (κ1) is 11.1. The van der Waals surface area contributed by atoms with Crippen molar-refractivity contribution in [1.29, 1.82) is 0 Å². The quantitative estimate of drug-likeness (QED) is 0.936. The molecule has 0 aromatic carbocycles. The lowest BCUT2D eigenvalue weighted by Gasteiger charge is -2.07. The van der Waals surface area contributed by atoms with E-state index in [0.717, 1.165) is 29.1 Å². The van der Waals surface area contributed by atoms with E-state index in [2.05, 4.69) is 31.2 Å². The number of hydrogen-bond donors (Lipinski definition) is 1. The topological polar surface area (TPSA) is 42.7 Å². The predicted octanol–water partition coefficient (Wildman–Crippen LogP) is 2.46. The number of halogens is 1. The summed E-state index contributed by atoms with van der Waals surface area (Å²) in [6.07, 6.45) is 5.53. The van der Waals surface area contributed by atoms with Crippen LogP contribution >= 0.6 is 15.9 Å². The first-order chi connectivity index (χ1) is 7.75. The molecule has 0 saturated heterocycles. The van der Waals surface area contributed by atoms with E-state index in [4.69, 9.17) is 0 Å². The van der Waals surface area contributed by atoms with E-state index in [1.54, 1.807) is 6.20 Å². The first-order valence-corrected chi connectivity index (χ1v) is 5.88. The molecule has 84 valence electrons. The molecule has 2 heterocycles. The van der Waals surface area contributed by atoms with Crippen molar-refractivity contribution in [2.75, 3.05) is 11.9 Å². The molecule has 0 bridgehead atoms. The van der Waals surface area contributed by atoms with E-state index in [9.17, 15) is 0 Å². The molecule has 0 aliphatic rings. The molecule has 0 atom stereocenters. The lowest BCUT2D eigenvalue weighted by molar-refractivity contribution is 0.725. The van der Waals surface area contributed by atoms with Crippen molar-refractivity contribution < 1.29 is 0 Å². The summed E-state index contributed by atoms with van der Waals surface area (Å²) in [6.45, 7) is 3.70. The third-order valence-electron chi connectivity index (χ3n) is 2.26. The van der Waals surface area contributed by atoms with Crippen LogP contribution in [0.25, 0.3) is 0 Å². The van der Waals surface area contributed by atoms with Gasteiger partial charge in [0, 0.05) is 30.0 Å². The smallest absolute Gasteiger partial charge is 0.126 e. The lowest BCUT2D eigenvalue weighted by Crippen LogP contribution is -2.10. The van der Waals surface area contributed by atoms with Crippen LogP contribution in [0.3, 0.4) is 0 Å². The van der Waals surface area contributed by atoms with Gasteiger partial charge in [-0.3, -0.25) is 0 Å². The molecule has 1 N–H and O–H groups in total. The normalized spacial score (nSPS) is 10.4. The lowest BCUT2D eigenvalue weighted by atomic mass is 10.4. The molecule has 0 radical (unpaired) electrons. The Bertz CT molecular complexity index is 453. The maximum Gasteiger partial charge on any atom is 0.126 e. The Morgan fingerprint density at radius 1 is 1.44 bits per heavy atom. The summed E-state index contributed by atoms with van der Waals surface area (Å²) in [5, 5.41) is 3.27. The van der Waals surface area contributed by atoms with Crippen molar-refractivity contribution in [3.05, 3.63) is 41.0 Å². The van der Waals surface area contributed by atoms with Crippen LogP contribution in [0.5, 0.6) is 0 Å². The van der Waals surface area contributed by atoms with Gasteiger partial charge in [-0.2, -0.15) is 0 Å². The first-order valence-electron chi connectivity index (χ1n) is 5.08. The van der Waals surface area contributed by atoms with Crippen LogP contribution < -0.4 is 5.32 Å². The number of pyridine rings is 1. The summed E-state index contributed by atoms with van der Waals surface area (Å²) in [5.74, 6) is 0.904. The van der Waals surface area contributed by atoms with Crippen LogP contribution in [0.1, 0.15) is 5.69 Å². The highest BCUT2D eigenvalue weighted by atomic mass is 79.9. The number of hydrogen-bond acceptors (Lipinski definition) is 3. The predicted molar refractivity (Wildman–Crippen MR) is 67.4 cm³/mol. The summed E-state index contributed by atoms with van der Waals surface area (Å²) in [4.78, 5) is 8.40. The minimum absolute atomic E-state index is 0.838. The Kier molecular flexibility index (Phi) is 3.56. The van der Waals surface area contributed by atoms with Gasteiger partial charge in [0.1, 0.15) is 5.82 Å². The molecule has 0 saturated carbocycles. The van der Waals surface area contributed by atoms with Gasteiger partial charge in [0.25, 0.3) is 0 Å². The van der Waals surface area contributed by atoms with Gasteiger partial charge in [0.05, 0.1) is 12.0 Å². The number of aromatic nitrogens is 3. The van der Waals surface area contributed by atoms with Crippen LogP contribution in [-0.2, 0) is 6.54 Å². The number of anilines is 1. The summed E-state index contributed by atoms with van der Waals surface area (Å²) in [7, 11) is 0. The zero-order valence-electron chi connectivity index (χ0n) is 9.02. The molecule has 2 aromatic heterocycles. The zero-order valence-corrected chi connectivity index (χ0v) is 10.6. The van der Waals surface area contributed by atoms with E-state index in [0.29, 0.717) is 0 Å². The molecule has 0 aliphatic carbocycles. The highest BCUT2D eigenvalue weighted by Gasteiger charge is 1.98. The summed E-state index contributed by atoms with van der Waals surface area (Å²) >= 11 is 3.43. The van der Waals surface area contributed by atoms with Gasteiger partial charge in [-0.25, -0.2) is 9.97 Å². The standard InChI is InChI=1S/C11H13BrN4/c1-9-10(12)2-3-11(15-9)14-5-7-16-6-4-13-8-16/h2-4,6,8H,5,7H2,1H3,(H,14,15). The average molecular weight is 281 g/mol. The zero-order chi connectivity index (χ0) is 11.4. The van der Waals surface area contributed by atoms with Crippen LogP contribution in [0.15, 0.2) is 35.3 Å². The molecule has 0 unspecified atom stereocenters. The molecule has 2 rings (SSSR count). The van der Waals surface area contributed by atoms with Gasteiger partial charge in [0.2, 0.25) is 0 Å². The molecular formula is C11H13BrN4. The highest BCUT2D eigenvalue weighted by molar-refractivity contribution is 9.10. The van der Waals surface area contributed by atoms with Crippen molar-refractivity contribution in [1.82, 2.24) is 14.5 Å². The maximum atomic E-state index is 4.41. The Morgan fingerprint density at radius 3 is 3.00 bits per heavy atom. The number of aryl methyl sites for hydroxylation is 1. The van der Waals surface area contributed by atoms with Crippen molar-refractivity contribution in [3.8, 4) is 0 Å². The Labute approximate surface area is 103 Å². The van der Waals surface area contributed by atoms with Crippen molar-refractivity contribution >= 4 is 21.7 Å². The molecule has 16 heavy (non-hydrogen) atoms. The van der Waals surface area contributed by atoms with Crippen LogP contribution in [0.2, 0.25) is 0 Å². The fourth-order valence-electron chi connectivity index (χ4n) is 1.37. The molecule has 2 aromatic rings. The Morgan fingerprint density at radius 2 is 2.31 bits per heavy atom. The second-order valence-electron chi connectivity index (χ2n) is 3.49. The molecule has 0 amide bonds. The molecule has 5 heteroatoms. The number of imidazole rings is 1. The Hall–Kier alpha value is -1.36. The van der Waals surface area contributed by atoms with Gasteiger partial charge in [-0.05, 0) is 35.0 Å². The van der Waals surface area contributed by atoms with Crippen molar-refractivity contribution in [3.63, 3.8) is 0 Å². The molecular weight excluding hydrogens is 268 g/mol. The molecule has 0 fully saturated rings. The number of nitrogens with zero attached hydrogens (tertiary/aromatic N) is 3. The summed E-state index contributed by atoms with van der Waals surface area (Å²) < 4.78 is 3.06. The fraction of sp³-hybridized carbons (Fsp3) is 0.273. The van der Waals surface area contributed by atoms with E-state index < -0.39 is 0 Å². The minimum Gasteiger partial charge on any atom is -0.368 e. The van der Waals surface area contributed by atoms with E-state index in [1.807, 2.05) is 36.1 Å². The maximum absolute atomic E-state index is 4.41. The molecule has 4 nitrogen and oxygen atoms in total. The van der Waals surface area contributed by atoms with Crippen LogP contribution in [0, 0.1) is 6.92 Å². The second-order valence-corrected chi connectivity index (χ2v) is 4.35. The van der Waals surface area contributed by atoms with E-state index in [1.165, 1.54) is 0 Å². The van der Waals surface area contributed by atoms with Gasteiger partial charge in [0.15, 0.2) is 0 Å². The number of rotatable bonds is 4.